The first-order valence-electron chi connectivity index (χ1n) is 8.13. The van der Waals surface area contributed by atoms with Crippen molar-refractivity contribution in [2.24, 2.45) is 5.10 Å². The number of ether oxygens (including phenoxy) is 2. The van der Waals surface area contributed by atoms with E-state index in [1.807, 2.05) is 42.5 Å². The first-order chi connectivity index (χ1) is 13.1. The molecule has 7 heteroatoms. The summed E-state index contributed by atoms with van der Waals surface area (Å²) in [6.07, 6.45) is 1.60. The van der Waals surface area contributed by atoms with Gasteiger partial charge in [-0.1, -0.05) is 35.3 Å². The molecule has 0 atom stereocenters. The summed E-state index contributed by atoms with van der Waals surface area (Å²) in [4.78, 5) is 0. The molecule has 0 aliphatic rings. The Labute approximate surface area is 167 Å². The Morgan fingerprint density at radius 3 is 2.63 bits per heavy atom. The number of hydrazone groups is 1. The van der Waals surface area contributed by atoms with Gasteiger partial charge >= 0.3 is 0 Å². The number of furan rings is 1. The molecule has 1 aromatic heterocycles. The van der Waals surface area contributed by atoms with Crippen molar-refractivity contribution in [1.82, 2.24) is 5.43 Å². The van der Waals surface area contributed by atoms with Crippen molar-refractivity contribution in [2.45, 2.75) is 6.54 Å². The summed E-state index contributed by atoms with van der Waals surface area (Å²) < 4.78 is 16.3. The van der Waals surface area contributed by atoms with Crippen molar-refractivity contribution in [3.63, 3.8) is 0 Å². The molecule has 0 radical (unpaired) electrons. The van der Waals surface area contributed by atoms with Crippen LogP contribution in [0, 0.1) is 0 Å². The number of nitrogens with zero attached hydrogens (tertiary/aromatic N) is 1. The zero-order chi connectivity index (χ0) is 19.2. The van der Waals surface area contributed by atoms with Gasteiger partial charge in [-0.2, -0.15) is 5.10 Å². The van der Waals surface area contributed by atoms with Gasteiger partial charge in [0.15, 0.2) is 11.5 Å². The van der Waals surface area contributed by atoms with Gasteiger partial charge in [0.1, 0.15) is 11.5 Å². The van der Waals surface area contributed by atoms with E-state index in [0.29, 0.717) is 39.6 Å². The first kappa shape index (κ1) is 19.1. The molecule has 3 rings (SSSR count). The predicted molar refractivity (Wildman–Crippen MR) is 108 cm³/mol. The van der Waals surface area contributed by atoms with Crippen LogP contribution in [0.2, 0.25) is 10.0 Å². The highest BCUT2D eigenvalue weighted by molar-refractivity contribution is 6.43. The van der Waals surface area contributed by atoms with Crippen molar-refractivity contribution < 1.29 is 13.9 Å². The molecule has 0 amide bonds. The number of benzene rings is 2. The Kier molecular flexibility index (Phi) is 6.27. The molecule has 0 unspecified atom stereocenters. The third kappa shape index (κ3) is 4.56. The van der Waals surface area contributed by atoms with Crippen molar-refractivity contribution in [3.05, 3.63) is 69.9 Å². The van der Waals surface area contributed by atoms with Crippen LogP contribution in [0.5, 0.6) is 11.5 Å². The smallest absolute Gasteiger partial charge is 0.161 e. The normalized spacial score (nSPS) is 11.0. The lowest BCUT2D eigenvalue weighted by molar-refractivity contribution is 0.354. The quantitative estimate of drug-likeness (QED) is 0.423. The van der Waals surface area contributed by atoms with Crippen LogP contribution in [-0.4, -0.2) is 20.4 Å². The third-order valence-electron chi connectivity index (χ3n) is 3.86. The zero-order valence-corrected chi connectivity index (χ0v) is 16.3. The molecule has 3 aromatic rings. The molecule has 0 fully saturated rings. The molecule has 0 bridgehead atoms. The molecule has 2 aromatic carbocycles. The van der Waals surface area contributed by atoms with Crippen LogP contribution >= 0.6 is 23.2 Å². The number of hydrogen-bond acceptors (Lipinski definition) is 5. The minimum absolute atomic E-state index is 0.462. The Hall–Kier alpha value is -2.63. The van der Waals surface area contributed by atoms with Crippen LogP contribution in [0.1, 0.15) is 11.3 Å². The number of nitrogens with one attached hydrogen (secondary N) is 1. The monoisotopic (exact) mass is 404 g/mol. The molecule has 0 aliphatic carbocycles. The number of methoxy groups -OCH3 is 2. The van der Waals surface area contributed by atoms with Crippen molar-refractivity contribution in [2.75, 3.05) is 14.2 Å². The standard InChI is InChI=1S/C20H18Cl2N2O3/c1-25-18-8-6-13(10-19(18)26-2)11-23-24-12-14-7-9-17(27-14)15-4-3-5-16(21)20(15)22/h3-10,12,23H,11H2,1-2H3/b24-12+. The van der Waals surface area contributed by atoms with E-state index in [-0.39, 0.29) is 0 Å². The molecule has 0 spiro atoms. The average Bonchev–Trinajstić information content (AvgIpc) is 3.15. The van der Waals surface area contributed by atoms with E-state index >= 15 is 0 Å². The van der Waals surface area contributed by atoms with Crippen LogP contribution in [0.25, 0.3) is 11.3 Å². The third-order valence-corrected chi connectivity index (χ3v) is 4.68. The van der Waals surface area contributed by atoms with Gasteiger partial charge in [-0.15, -0.1) is 0 Å². The summed E-state index contributed by atoms with van der Waals surface area (Å²) >= 11 is 12.3. The summed E-state index contributed by atoms with van der Waals surface area (Å²) in [7, 11) is 3.21. The van der Waals surface area contributed by atoms with Gasteiger partial charge in [0.05, 0.1) is 37.0 Å². The second-order valence-electron chi connectivity index (χ2n) is 5.59. The predicted octanol–water partition coefficient (Wildman–Crippen LogP) is 5.39. The number of hydrogen-bond donors (Lipinski definition) is 1. The Morgan fingerprint density at radius 1 is 1.04 bits per heavy atom. The van der Waals surface area contributed by atoms with Gasteiger partial charge in [0.25, 0.3) is 0 Å². The molecule has 140 valence electrons. The number of rotatable bonds is 7. The summed E-state index contributed by atoms with van der Waals surface area (Å²) in [5.41, 5.74) is 4.72. The van der Waals surface area contributed by atoms with Gasteiger partial charge < -0.3 is 19.3 Å². The van der Waals surface area contributed by atoms with Crippen LogP contribution in [0.15, 0.2) is 58.0 Å². The largest absolute Gasteiger partial charge is 0.493 e. The Morgan fingerprint density at radius 2 is 1.85 bits per heavy atom. The molecule has 0 saturated heterocycles. The van der Waals surface area contributed by atoms with E-state index in [1.165, 1.54) is 0 Å². The maximum atomic E-state index is 6.22. The van der Waals surface area contributed by atoms with Crippen LogP contribution in [-0.2, 0) is 6.54 Å². The lowest BCUT2D eigenvalue weighted by atomic mass is 10.2. The lowest BCUT2D eigenvalue weighted by Gasteiger charge is -2.09. The van der Waals surface area contributed by atoms with Gasteiger partial charge in [0.2, 0.25) is 0 Å². The van der Waals surface area contributed by atoms with Crippen molar-refractivity contribution in [1.29, 1.82) is 0 Å². The van der Waals surface area contributed by atoms with Gasteiger partial charge in [-0.25, -0.2) is 0 Å². The average molecular weight is 405 g/mol. The van der Waals surface area contributed by atoms with Crippen molar-refractivity contribution in [3.8, 4) is 22.8 Å². The Balaban J connectivity index is 1.63. The Bertz CT molecular complexity index is 954. The SMILES string of the molecule is COc1ccc(CN/N=C/c2ccc(-c3cccc(Cl)c3Cl)o2)cc1OC. The van der Waals surface area contributed by atoms with E-state index in [0.717, 1.165) is 11.1 Å². The van der Waals surface area contributed by atoms with Crippen LogP contribution < -0.4 is 14.9 Å². The minimum Gasteiger partial charge on any atom is -0.493 e. The fraction of sp³-hybridized carbons (Fsp3) is 0.150. The first-order valence-corrected chi connectivity index (χ1v) is 8.89. The fourth-order valence-electron chi connectivity index (χ4n) is 2.50. The van der Waals surface area contributed by atoms with Gasteiger partial charge in [-0.05, 0) is 42.0 Å². The summed E-state index contributed by atoms with van der Waals surface area (Å²) in [5, 5.41) is 5.13. The molecule has 5 nitrogen and oxygen atoms in total. The van der Waals surface area contributed by atoms with E-state index in [2.05, 4.69) is 10.5 Å². The maximum Gasteiger partial charge on any atom is 0.161 e. The highest BCUT2D eigenvalue weighted by Crippen LogP contribution is 2.34. The topological polar surface area (TPSA) is 56.0 Å². The van der Waals surface area contributed by atoms with E-state index < -0.39 is 0 Å². The molecule has 27 heavy (non-hydrogen) atoms. The van der Waals surface area contributed by atoms with Gasteiger partial charge in [0, 0.05) is 5.56 Å². The maximum absolute atomic E-state index is 6.22. The second kappa shape index (κ2) is 8.84. The van der Waals surface area contributed by atoms with Gasteiger partial charge in [-0.3, -0.25) is 0 Å². The van der Waals surface area contributed by atoms with E-state index in [9.17, 15) is 0 Å². The highest BCUT2D eigenvalue weighted by Gasteiger charge is 2.10. The molecular weight excluding hydrogens is 387 g/mol. The second-order valence-corrected chi connectivity index (χ2v) is 6.37. The highest BCUT2D eigenvalue weighted by atomic mass is 35.5. The molecule has 1 heterocycles. The van der Waals surface area contributed by atoms with E-state index in [4.69, 9.17) is 37.1 Å². The van der Waals surface area contributed by atoms with Crippen LogP contribution in [0.4, 0.5) is 0 Å². The fourth-order valence-corrected chi connectivity index (χ4v) is 2.89. The molecule has 0 saturated carbocycles. The number of halogens is 2. The summed E-state index contributed by atoms with van der Waals surface area (Å²) in [6, 6.07) is 14.7. The molecular formula is C20H18Cl2N2O3. The lowest BCUT2D eigenvalue weighted by Crippen LogP contribution is -2.05. The molecule has 1 N–H and O–H groups in total. The summed E-state index contributed by atoms with van der Waals surface area (Å²) in [6.45, 7) is 0.532. The molecule has 0 aliphatic heterocycles. The summed E-state index contributed by atoms with van der Waals surface area (Å²) in [5.74, 6) is 2.59. The van der Waals surface area contributed by atoms with Crippen molar-refractivity contribution >= 4 is 29.4 Å². The van der Waals surface area contributed by atoms with Crippen LogP contribution in [0.3, 0.4) is 0 Å². The minimum atomic E-state index is 0.462. The zero-order valence-electron chi connectivity index (χ0n) is 14.8. The van der Waals surface area contributed by atoms with E-state index in [1.54, 1.807) is 26.5 Å².